The molecule has 4 aromatic rings. The van der Waals surface area contributed by atoms with Crippen molar-refractivity contribution in [3.05, 3.63) is 130 Å². The maximum absolute atomic E-state index is 13.4. The highest BCUT2D eigenvalue weighted by Gasteiger charge is 2.32. The Kier molecular flexibility index (Phi) is 17.3. The van der Waals surface area contributed by atoms with E-state index in [9.17, 15) is 35.1 Å². The normalized spacial score (nSPS) is 29.5. The van der Waals surface area contributed by atoms with E-state index in [4.69, 9.17) is 0 Å². The van der Waals surface area contributed by atoms with Crippen molar-refractivity contribution in [1.82, 2.24) is 0 Å². The Labute approximate surface area is 383 Å². The highest BCUT2D eigenvalue weighted by Crippen LogP contribution is 2.46. The van der Waals surface area contributed by atoms with E-state index >= 15 is 0 Å². The van der Waals surface area contributed by atoms with Crippen LogP contribution >= 0.6 is 0 Å². The second-order valence-electron chi connectivity index (χ2n) is 21.1. The van der Waals surface area contributed by atoms with Crippen molar-refractivity contribution >= 4 is 0 Å². The molecule has 8 heteroatoms. The summed E-state index contributed by atoms with van der Waals surface area (Å²) in [4.78, 5) is 0. The third-order valence-electron chi connectivity index (χ3n) is 16.6. The van der Waals surface area contributed by atoms with Crippen LogP contribution in [0.5, 0.6) is 0 Å². The summed E-state index contributed by atoms with van der Waals surface area (Å²) in [7, 11) is 0. The van der Waals surface area contributed by atoms with Crippen molar-refractivity contribution in [3.63, 3.8) is 0 Å². The van der Waals surface area contributed by atoms with Gasteiger partial charge in [0.2, 0.25) is 0 Å². The Balaban J connectivity index is 0.000000145. The summed E-state index contributed by atoms with van der Waals surface area (Å²) in [5.74, 6) is -1.42. The predicted octanol–water partition coefficient (Wildman–Crippen LogP) is 18.3. The van der Waals surface area contributed by atoms with Crippen molar-refractivity contribution in [2.24, 2.45) is 41.4 Å². The van der Waals surface area contributed by atoms with Gasteiger partial charge in [-0.15, -0.1) is 0 Å². The first kappa shape index (κ1) is 49.2. The molecule has 9 rings (SSSR count). The summed E-state index contributed by atoms with van der Waals surface area (Å²) >= 11 is 0. The van der Waals surface area contributed by atoms with Crippen LogP contribution in [0.2, 0.25) is 0 Å². The predicted molar refractivity (Wildman–Crippen MR) is 246 cm³/mol. The molecular weight excluding hydrogens is 837 g/mol. The molecule has 0 atom stereocenters. The van der Waals surface area contributed by atoms with Crippen LogP contribution < -0.4 is 0 Å². The molecule has 4 aromatic carbocycles. The summed E-state index contributed by atoms with van der Waals surface area (Å²) in [6, 6.07) is 16.7. The SMILES string of the molecule is CC1CCC(C2CCC(c3cc(F)c(F)c(F)c3)CC2)CC1.CC1CCC(C2CCC(c3ccc(F)c(F)c3)CC2)CC1.CC1CCC(c2ccc(-c3cc(F)c(F)c(F)c3)cc2)CC1. The standard InChI is InChI=1S/C19H25F3.C19H19F3.C19H26F2/c2*1-12-2-4-13(5-3-12)14-6-8-15(9-7-14)16-10-17(20)19(22)18(21)11-16;1-13-2-4-14(5-3-13)15-6-8-16(9-7-15)17-10-11-18(20)19(21)12-17/h10-15H,2-9H2,1H3;6-13H,2-5H2,1H3;10-16H,2-9H2,1H3. The second-order valence-corrected chi connectivity index (χ2v) is 21.1. The first-order valence-electron chi connectivity index (χ1n) is 25.1. The molecule has 0 aromatic heterocycles. The van der Waals surface area contributed by atoms with Gasteiger partial charge in [0.25, 0.3) is 0 Å². The Morgan fingerprint density at radius 2 is 0.585 bits per heavy atom. The quantitative estimate of drug-likeness (QED) is 0.134. The van der Waals surface area contributed by atoms with E-state index in [0.717, 1.165) is 97.6 Å². The zero-order valence-electron chi connectivity index (χ0n) is 38.8. The van der Waals surface area contributed by atoms with Crippen LogP contribution in [0.25, 0.3) is 11.1 Å². The molecule has 0 spiro atoms. The van der Waals surface area contributed by atoms with Crippen LogP contribution in [0.1, 0.15) is 184 Å². The maximum Gasteiger partial charge on any atom is 0.194 e. The van der Waals surface area contributed by atoms with E-state index in [-0.39, 0.29) is 5.92 Å². The lowest BCUT2D eigenvalue weighted by Crippen LogP contribution is -2.24. The summed E-state index contributed by atoms with van der Waals surface area (Å²) < 4.78 is 106. The highest BCUT2D eigenvalue weighted by molar-refractivity contribution is 5.64. The summed E-state index contributed by atoms with van der Waals surface area (Å²) in [6.45, 7) is 7.00. The molecule has 0 radical (unpaired) electrons. The first-order chi connectivity index (χ1) is 31.2. The fourth-order valence-corrected chi connectivity index (χ4v) is 12.2. The molecule has 354 valence electrons. The van der Waals surface area contributed by atoms with Crippen LogP contribution in [-0.2, 0) is 0 Å². The fraction of sp³-hybridized carbons (Fsp3) is 0.579. The topological polar surface area (TPSA) is 0 Å². The minimum atomic E-state index is -1.42. The first-order valence-corrected chi connectivity index (χ1v) is 25.1. The smallest absolute Gasteiger partial charge is 0.194 e. The summed E-state index contributed by atoms with van der Waals surface area (Å²) in [6.07, 6.45) is 24.9. The van der Waals surface area contributed by atoms with Crippen LogP contribution in [0.15, 0.2) is 66.7 Å². The maximum atomic E-state index is 13.4. The monoisotopic (exact) mass is 907 g/mol. The third kappa shape index (κ3) is 13.1. The van der Waals surface area contributed by atoms with E-state index in [2.05, 4.69) is 20.8 Å². The largest absolute Gasteiger partial charge is 0.204 e. The van der Waals surface area contributed by atoms with E-state index in [1.54, 1.807) is 6.07 Å². The van der Waals surface area contributed by atoms with Gasteiger partial charge in [0.15, 0.2) is 46.5 Å². The number of hydrogen-bond donors (Lipinski definition) is 0. The molecule has 5 fully saturated rings. The van der Waals surface area contributed by atoms with Gasteiger partial charge in [-0.25, -0.2) is 35.1 Å². The lowest BCUT2D eigenvalue weighted by molar-refractivity contribution is 0.165. The molecule has 0 nitrogen and oxygen atoms in total. The second kappa shape index (κ2) is 22.9. The molecule has 0 bridgehead atoms. The lowest BCUT2D eigenvalue weighted by atomic mass is 9.68. The van der Waals surface area contributed by atoms with Gasteiger partial charge in [-0.3, -0.25) is 0 Å². The van der Waals surface area contributed by atoms with Crippen molar-refractivity contribution in [2.75, 3.05) is 0 Å². The van der Waals surface area contributed by atoms with Gasteiger partial charge in [0.1, 0.15) is 0 Å². The van der Waals surface area contributed by atoms with Crippen LogP contribution in [0.3, 0.4) is 0 Å². The van der Waals surface area contributed by atoms with E-state index in [1.807, 2.05) is 24.3 Å². The third-order valence-corrected chi connectivity index (χ3v) is 16.6. The van der Waals surface area contributed by atoms with Crippen molar-refractivity contribution in [3.8, 4) is 11.1 Å². The van der Waals surface area contributed by atoms with Gasteiger partial charge < -0.3 is 0 Å². The van der Waals surface area contributed by atoms with Crippen molar-refractivity contribution in [1.29, 1.82) is 0 Å². The Morgan fingerprint density at radius 1 is 0.277 bits per heavy atom. The molecule has 0 amide bonds. The lowest BCUT2D eigenvalue weighted by Gasteiger charge is -2.37. The summed E-state index contributed by atoms with van der Waals surface area (Å²) in [5.41, 5.74) is 3.96. The molecule has 5 aliphatic carbocycles. The molecule has 5 saturated carbocycles. The van der Waals surface area contributed by atoms with E-state index in [1.165, 1.54) is 120 Å². The van der Waals surface area contributed by atoms with E-state index in [0.29, 0.717) is 28.5 Å². The van der Waals surface area contributed by atoms with Gasteiger partial charge in [-0.1, -0.05) is 89.6 Å². The van der Waals surface area contributed by atoms with Crippen molar-refractivity contribution in [2.45, 2.75) is 167 Å². The fourth-order valence-electron chi connectivity index (χ4n) is 12.2. The molecule has 0 heterocycles. The minimum absolute atomic E-state index is 0.184. The average molecular weight is 907 g/mol. The Hall–Kier alpha value is -3.68. The van der Waals surface area contributed by atoms with Gasteiger partial charge in [-0.2, -0.15) is 0 Å². The number of hydrogen-bond acceptors (Lipinski definition) is 0. The zero-order valence-corrected chi connectivity index (χ0v) is 38.8. The van der Waals surface area contributed by atoms with Crippen LogP contribution in [0.4, 0.5) is 35.1 Å². The highest BCUT2D eigenvalue weighted by atomic mass is 19.2. The molecule has 5 aliphatic rings. The number of halogens is 8. The molecule has 0 aliphatic heterocycles. The van der Waals surface area contributed by atoms with Gasteiger partial charge in [0.05, 0.1) is 0 Å². The Bertz CT molecular complexity index is 2060. The number of benzene rings is 4. The Morgan fingerprint density at radius 3 is 1.00 bits per heavy atom. The van der Waals surface area contributed by atoms with Gasteiger partial charge >= 0.3 is 0 Å². The van der Waals surface area contributed by atoms with Crippen molar-refractivity contribution < 1.29 is 35.1 Å². The minimum Gasteiger partial charge on any atom is -0.204 e. The molecule has 65 heavy (non-hydrogen) atoms. The average Bonchev–Trinajstić information content (AvgIpc) is 3.32. The molecule has 0 N–H and O–H groups in total. The summed E-state index contributed by atoms with van der Waals surface area (Å²) in [5, 5.41) is 0. The van der Waals surface area contributed by atoms with Gasteiger partial charge in [-0.05, 0) is 213 Å². The molecule has 0 saturated heterocycles. The zero-order chi connectivity index (χ0) is 46.2. The molecular formula is C57H70F8. The van der Waals surface area contributed by atoms with Crippen LogP contribution in [-0.4, -0.2) is 0 Å². The van der Waals surface area contributed by atoms with Gasteiger partial charge in [0, 0.05) is 0 Å². The van der Waals surface area contributed by atoms with Crippen LogP contribution in [0, 0.1) is 88.0 Å². The molecule has 0 unspecified atom stereocenters. The van der Waals surface area contributed by atoms with E-state index < -0.39 is 46.5 Å². The number of rotatable bonds is 6.